The second-order valence-electron chi connectivity index (χ2n) is 4.47. The molecule has 1 saturated heterocycles. The first-order valence-corrected chi connectivity index (χ1v) is 5.70. The fraction of sp³-hybridized carbons (Fsp3) is 0.333. The minimum absolute atomic E-state index is 0.0793. The van der Waals surface area contributed by atoms with E-state index in [4.69, 9.17) is 16.2 Å². The molecule has 0 saturated carbocycles. The maximum Gasteiger partial charge on any atom is 0.248 e. The molecule has 0 spiro atoms. The van der Waals surface area contributed by atoms with Crippen LogP contribution in [-0.4, -0.2) is 30.6 Å². The first-order chi connectivity index (χ1) is 8.92. The summed E-state index contributed by atoms with van der Waals surface area (Å²) in [6.07, 6.45) is 0.357. The molecule has 102 valence electrons. The Kier molecular flexibility index (Phi) is 3.50. The standard InChI is InChI=1S/C12H14FN3O3/c13-8-2-1-7(10(14)17)5-9(8)16-11(18)12(15)3-4-19-6-12/h1-2,5H,3-4,6,15H2,(H2,14,17)(H,16,18). The molecule has 1 atom stereocenters. The zero-order valence-electron chi connectivity index (χ0n) is 10.1. The Hall–Kier alpha value is -1.99. The minimum atomic E-state index is -1.17. The molecule has 0 aromatic heterocycles. The number of nitrogens with two attached hydrogens (primary N) is 2. The van der Waals surface area contributed by atoms with E-state index < -0.39 is 23.2 Å². The van der Waals surface area contributed by atoms with Crippen LogP contribution in [-0.2, 0) is 9.53 Å². The van der Waals surface area contributed by atoms with Crippen LogP contribution in [0.2, 0.25) is 0 Å². The number of nitrogens with one attached hydrogen (secondary N) is 1. The van der Waals surface area contributed by atoms with Crippen LogP contribution >= 0.6 is 0 Å². The smallest absolute Gasteiger partial charge is 0.248 e. The maximum atomic E-state index is 13.6. The summed E-state index contributed by atoms with van der Waals surface area (Å²) in [6, 6.07) is 3.48. The van der Waals surface area contributed by atoms with Crippen LogP contribution in [0.4, 0.5) is 10.1 Å². The zero-order valence-corrected chi connectivity index (χ0v) is 10.1. The number of halogens is 1. The van der Waals surface area contributed by atoms with Crippen LogP contribution in [0.3, 0.4) is 0 Å². The topological polar surface area (TPSA) is 107 Å². The Morgan fingerprint density at radius 3 is 2.74 bits per heavy atom. The van der Waals surface area contributed by atoms with Crippen LogP contribution < -0.4 is 16.8 Å². The van der Waals surface area contributed by atoms with Gasteiger partial charge in [0.25, 0.3) is 0 Å². The molecule has 2 amide bonds. The summed E-state index contributed by atoms with van der Waals surface area (Å²) in [6.45, 7) is 0.462. The van der Waals surface area contributed by atoms with Crippen molar-refractivity contribution in [3.63, 3.8) is 0 Å². The molecule has 1 heterocycles. The van der Waals surface area contributed by atoms with Crippen LogP contribution in [0, 0.1) is 5.82 Å². The summed E-state index contributed by atoms with van der Waals surface area (Å²) >= 11 is 0. The molecule has 0 radical (unpaired) electrons. The van der Waals surface area contributed by atoms with E-state index in [-0.39, 0.29) is 17.9 Å². The molecule has 0 bridgehead atoms. The van der Waals surface area contributed by atoms with Gasteiger partial charge in [0, 0.05) is 12.2 Å². The van der Waals surface area contributed by atoms with Crippen molar-refractivity contribution in [2.45, 2.75) is 12.0 Å². The normalized spacial score (nSPS) is 22.2. The van der Waals surface area contributed by atoms with Gasteiger partial charge in [0.15, 0.2) is 0 Å². The summed E-state index contributed by atoms with van der Waals surface area (Å²) < 4.78 is 18.6. The molecule has 1 aliphatic heterocycles. The summed E-state index contributed by atoms with van der Waals surface area (Å²) in [5, 5.41) is 2.36. The van der Waals surface area contributed by atoms with Crippen LogP contribution in [0.1, 0.15) is 16.8 Å². The van der Waals surface area contributed by atoms with Gasteiger partial charge in [-0.1, -0.05) is 0 Å². The van der Waals surface area contributed by atoms with Crippen LogP contribution in [0.25, 0.3) is 0 Å². The van der Waals surface area contributed by atoms with Crippen molar-refractivity contribution in [1.29, 1.82) is 0 Å². The van der Waals surface area contributed by atoms with Gasteiger partial charge in [0.2, 0.25) is 11.8 Å². The number of anilines is 1. The lowest BCUT2D eigenvalue weighted by Gasteiger charge is -2.20. The highest BCUT2D eigenvalue weighted by Gasteiger charge is 2.38. The second-order valence-corrected chi connectivity index (χ2v) is 4.47. The number of hydrogen-bond donors (Lipinski definition) is 3. The number of benzene rings is 1. The fourth-order valence-corrected chi connectivity index (χ4v) is 1.78. The number of hydrogen-bond acceptors (Lipinski definition) is 4. The minimum Gasteiger partial charge on any atom is -0.379 e. The van der Waals surface area contributed by atoms with E-state index in [2.05, 4.69) is 5.32 Å². The van der Waals surface area contributed by atoms with Crippen LogP contribution in [0.15, 0.2) is 18.2 Å². The van der Waals surface area contributed by atoms with Crippen molar-refractivity contribution in [3.8, 4) is 0 Å². The molecule has 19 heavy (non-hydrogen) atoms. The average molecular weight is 267 g/mol. The molecular formula is C12H14FN3O3. The third kappa shape index (κ3) is 2.72. The number of amides is 2. The Bertz CT molecular complexity index is 527. The lowest BCUT2D eigenvalue weighted by atomic mass is 9.99. The van der Waals surface area contributed by atoms with E-state index in [9.17, 15) is 14.0 Å². The molecule has 1 aromatic rings. The monoisotopic (exact) mass is 267 g/mol. The predicted molar refractivity (Wildman–Crippen MR) is 65.9 cm³/mol. The lowest BCUT2D eigenvalue weighted by Crippen LogP contribution is -2.51. The van der Waals surface area contributed by atoms with E-state index in [1.165, 1.54) is 12.1 Å². The van der Waals surface area contributed by atoms with Crippen molar-refractivity contribution in [3.05, 3.63) is 29.6 Å². The summed E-state index contributed by atoms with van der Waals surface area (Å²) in [7, 11) is 0. The molecule has 1 aliphatic rings. The van der Waals surface area contributed by atoms with Crippen molar-refractivity contribution >= 4 is 17.5 Å². The molecule has 5 N–H and O–H groups in total. The number of carbonyl (C=O) groups is 2. The molecule has 2 rings (SSSR count). The van der Waals surface area contributed by atoms with E-state index in [1.807, 2.05) is 0 Å². The molecule has 0 aliphatic carbocycles. The number of primary amides is 1. The zero-order chi connectivity index (χ0) is 14.0. The summed E-state index contributed by atoms with van der Waals surface area (Å²) in [5.74, 6) is -1.92. The summed E-state index contributed by atoms with van der Waals surface area (Å²) in [5.41, 5.74) is 9.74. The SMILES string of the molecule is NC(=O)c1ccc(F)c(NC(=O)C2(N)CCOC2)c1. The molecular weight excluding hydrogens is 253 g/mol. The predicted octanol–water partition coefficient (Wildman–Crippen LogP) is -0.0191. The van der Waals surface area contributed by atoms with Gasteiger partial charge in [0.1, 0.15) is 11.4 Å². The fourth-order valence-electron chi connectivity index (χ4n) is 1.78. The quantitative estimate of drug-likeness (QED) is 0.715. The molecule has 1 fully saturated rings. The molecule has 1 aromatic carbocycles. The van der Waals surface area contributed by atoms with Gasteiger partial charge in [-0.3, -0.25) is 9.59 Å². The Morgan fingerprint density at radius 1 is 1.42 bits per heavy atom. The molecule has 1 unspecified atom stereocenters. The van der Waals surface area contributed by atoms with Crippen molar-refractivity contribution in [1.82, 2.24) is 0 Å². The van der Waals surface area contributed by atoms with Gasteiger partial charge < -0.3 is 21.5 Å². The number of carbonyl (C=O) groups excluding carboxylic acids is 2. The second kappa shape index (κ2) is 4.94. The Balaban J connectivity index is 2.20. The van der Waals surface area contributed by atoms with Gasteiger partial charge in [-0.25, -0.2) is 4.39 Å². The van der Waals surface area contributed by atoms with Gasteiger partial charge in [-0.05, 0) is 24.6 Å². The first-order valence-electron chi connectivity index (χ1n) is 5.70. The van der Waals surface area contributed by atoms with E-state index in [1.54, 1.807) is 0 Å². The largest absolute Gasteiger partial charge is 0.379 e. The summed E-state index contributed by atoms with van der Waals surface area (Å²) in [4.78, 5) is 23.0. The van der Waals surface area contributed by atoms with E-state index in [0.717, 1.165) is 6.07 Å². The van der Waals surface area contributed by atoms with Gasteiger partial charge >= 0.3 is 0 Å². The Labute approximate surface area is 108 Å². The number of ether oxygens (including phenoxy) is 1. The Morgan fingerprint density at radius 2 is 2.16 bits per heavy atom. The highest BCUT2D eigenvalue weighted by molar-refractivity contribution is 6.00. The highest BCUT2D eigenvalue weighted by atomic mass is 19.1. The van der Waals surface area contributed by atoms with E-state index in [0.29, 0.717) is 13.0 Å². The number of rotatable bonds is 3. The van der Waals surface area contributed by atoms with Crippen molar-refractivity contribution < 1.29 is 18.7 Å². The van der Waals surface area contributed by atoms with Gasteiger partial charge in [0.05, 0.1) is 12.3 Å². The van der Waals surface area contributed by atoms with Gasteiger partial charge in [-0.2, -0.15) is 0 Å². The van der Waals surface area contributed by atoms with Crippen molar-refractivity contribution in [2.75, 3.05) is 18.5 Å². The van der Waals surface area contributed by atoms with Crippen molar-refractivity contribution in [2.24, 2.45) is 11.5 Å². The molecule has 7 heteroatoms. The third-order valence-corrected chi connectivity index (χ3v) is 3.00. The maximum absolute atomic E-state index is 13.6. The first kappa shape index (κ1) is 13.4. The lowest BCUT2D eigenvalue weighted by molar-refractivity contribution is -0.121. The average Bonchev–Trinajstić information content (AvgIpc) is 2.80. The van der Waals surface area contributed by atoms with E-state index >= 15 is 0 Å². The highest BCUT2D eigenvalue weighted by Crippen LogP contribution is 2.21. The van der Waals surface area contributed by atoms with Crippen LogP contribution in [0.5, 0.6) is 0 Å². The third-order valence-electron chi connectivity index (χ3n) is 3.00. The van der Waals surface area contributed by atoms with Gasteiger partial charge in [-0.15, -0.1) is 0 Å². The molecule has 6 nitrogen and oxygen atoms in total.